The Bertz CT molecular complexity index is 2380. The van der Waals surface area contributed by atoms with Gasteiger partial charge in [-0.3, -0.25) is 18.8 Å². The minimum Gasteiger partial charge on any atom is -0.342 e. The zero-order valence-electron chi connectivity index (χ0n) is 25.3. The van der Waals surface area contributed by atoms with Gasteiger partial charge in [-0.25, -0.2) is 28.0 Å². The molecule has 0 saturated carbocycles. The first kappa shape index (κ1) is 30.4. The van der Waals surface area contributed by atoms with Crippen molar-refractivity contribution in [3.8, 4) is 17.5 Å². The van der Waals surface area contributed by atoms with Crippen LogP contribution < -0.4 is 16.0 Å². The number of aryl methyl sites for hydroxylation is 2. The van der Waals surface area contributed by atoms with E-state index in [0.717, 1.165) is 0 Å². The third-order valence-electron chi connectivity index (χ3n) is 7.66. The number of rotatable bonds is 6. The Labute approximate surface area is 263 Å². The van der Waals surface area contributed by atoms with Gasteiger partial charge >= 0.3 is 0 Å². The first-order valence-corrected chi connectivity index (χ1v) is 15.8. The Hall–Kier alpha value is -5.65. The molecule has 1 unspecified atom stereocenters. The summed E-state index contributed by atoms with van der Waals surface area (Å²) in [6.45, 7) is 4.95. The van der Waals surface area contributed by atoms with E-state index in [9.17, 15) is 18.0 Å². The number of nitrogens with one attached hydrogen (secondary N) is 1. The molecule has 0 spiro atoms. The van der Waals surface area contributed by atoms with Gasteiger partial charge in [0.15, 0.2) is 5.65 Å². The molecular formula is C32H29N9O4S. The number of nitrogens with two attached hydrogens (primary N) is 1. The number of benzene rings is 2. The lowest BCUT2D eigenvalue weighted by Crippen LogP contribution is -2.33. The van der Waals surface area contributed by atoms with Gasteiger partial charge in [-0.05, 0) is 51.1 Å². The fraction of sp³-hybridized carbons (Fsp3) is 0.188. The van der Waals surface area contributed by atoms with E-state index in [2.05, 4.69) is 32.3 Å². The number of nitrogens with zero attached hydrogens (tertiary/aromatic N) is 7. The van der Waals surface area contributed by atoms with Crippen molar-refractivity contribution in [2.75, 3.05) is 0 Å². The number of hydrogen-bond donors (Lipinski definition) is 2. The summed E-state index contributed by atoms with van der Waals surface area (Å²) < 4.78 is 28.6. The van der Waals surface area contributed by atoms with E-state index >= 15 is 0 Å². The summed E-state index contributed by atoms with van der Waals surface area (Å²) in [7, 11) is -2.30. The third kappa shape index (κ3) is 5.42. The van der Waals surface area contributed by atoms with Crippen LogP contribution in [-0.4, -0.2) is 48.3 Å². The molecular weight excluding hydrogens is 606 g/mol. The number of primary sulfonamides is 1. The van der Waals surface area contributed by atoms with Crippen LogP contribution in [0.25, 0.3) is 22.2 Å². The van der Waals surface area contributed by atoms with Crippen molar-refractivity contribution in [3.63, 3.8) is 0 Å². The molecule has 4 heterocycles. The Morgan fingerprint density at radius 3 is 2.50 bits per heavy atom. The van der Waals surface area contributed by atoms with E-state index in [0.29, 0.717) is 50.8 Å². The molecule has 2 atom stereocenters. The monoisotopic (exact) mass is 635 g/mol. The number of para-hydroxylation sites is 1. The van der Waals surface area contributed by atoms with Gasteiger partial charge in [-0.15, -0.1) is 0 Å². The van der Waals surface area contributed by atoms with Gasteiger partial charge < -0.3 is 5.32 Å². The number of carbonyl (C=O) groups excluding carboxylic acids is 1. The van der Waals surface area contributed by atoms with E-state index in [-0.39, 0.29) is 5.39 Å². The Morgan fingerprint density at radius 2 is 1.76 bits per heavy atom. The van der Waals surface area contributed by atoms with Gasteiger partial charge in [0.1, 0.15) is 16.6 Å². The maximum atomic E-state index is 14.3. The molecule has 1 amide bonds. The van der Waals surface area contributed by atoms with Gasteiger partial charge in [-0.2, -0.15) is 10.2 Å². The maximum absolute atomic E-state index is 14.3. The topological polar surface area (TPSA) is 172 Å². The Kier molecular flexibility index (Phi) is 7.72. The minimum absolute atomic E-state index is 0.258. The van der Waals surface area contributed by atoms with Crippen LogP contribution in [0.1, 0.15) is 63.8 Å². The van der Waals surface area contributed by atoms with Gasteiger partial charge in [0.2, 0.25) is 10.0 Å². The smallest absolute Gasteiger partial charge is 0.267 e. The van der Waals surface area contributed by atoms with Crippen molar-refractivity contribution in [2.24, 2.45) is 12.2 Å². The highest BCUT2D eigenvalue weighted by Crippen LogP contribution is 2.24. The second-order valence-corrected chi connectivity index (χ2v) is 12.6. The van der Waals surface area contributed by atoms with Crippen LogP contribution in [0.3, 0.4) is 0 Å². The number of aromatic nitrogens is 7. The molecule has 0 aliphatic heterocycles. The highest BCUT2D eigenvalue weighted by molar-refractivity contribution is 7.89. The molecule has 0 fully saturated rings. The van der Waals surface area contributed by atoms with Crippen molar-refractivity contribution >= 4 is 32.5 Å². The van der Waals surface area contributed by atoms with Crippen LogP contribution >= 0.6 is 0 Å². The van der Waals surface area contributed by atoms with Gasteiger partial charge in [0.05, 0.1) is 45.8 Å². The summed E-state index contributed by atoms with van der Waals surface area (Å²) in [6.07, 6.45) is 4.76. The highest BCUT2D eigenvalue weighted by atomic mass is 32.2. The predicted octanol–water partition coefficient (Wildman–Crippen LogP) is 2.71. The quantitative estimate of drug-likeness (QED) is 0.263. The second kappa shape index (κ2) is 11.7. The Morgan fingerprint density at radius 1 is 1.02 bits per heavy atom. The van der Waals surface area contributed by atoms with Gasteiger partial charge in [0.25, 0.3) is 11.5 Å². The highest BCUT2D eigenvalue weighted by Gasteiger charge is 2.26. The average Bonchev–Trinajstić information content (AvgIpc) is 3.57. The van der Waals surface area contributed by atoms with Crippen molar-refractivity contribution in [1.29, 1.82) is 0 Å². The fourth-order valence-electron chi connectivity index (χ4n) is 5.38. The molecule has 0 aliphatic carbocycles. The average molecular weight is 636 g/mol. The van der Waals surface area contributed by atoms with E-state index in [1.54, 1.807) is 81.8 Å². The summed E-state index contributed by atoms with van der Waals surface area (Å²) in [5, 5.41) is 16.1. The largest absolute Gasteiger partial charge is 0.342 e. The van der Waals surface area contributed by atoms with Crippen molar-refractivity contribution in [1.82, 2.24) is 39.2 Å². The zero-order chi connectivity index (χ0) is 32.7. The van der Waals surface area contributed by atoms with Crippen LogP contribution in [0.2, 0.25) is 0 Å². The van der Waals surface area contributed by atoms with Crippen molar-refractivity contribution in [2.45, 2.75) is 32.1 Å². The number of hydrogen-bond acceptors (Lipinski definition) is 8. The third-order valence-corrected chi connectivity index (χ3v) is 8.87. The maximum Gasteiger partial charge on any atom is 0.267 e. The first-order valence-electron chi connectivity index (χ1n) is 14.2. The number of amides is 1. The number of fused-ring (bicyclic) bond motifs is 2. The SMILES string of the molecule is Cc1nn2cccnc2c1C(=O)N[C@H](C)c1nc2cccc(C#Cc3cnn(C)c3C(C)S(N)(=O)=O)c2c(=O)n1-c1ccccc1. The standard InChI is InChI=1S/C32H29N9O4S/c1-19-26(30-34-16-9-17-40(30)38-19)31(42)36-20(2)29-37-25-13-8-10-22(27(25)32(43)41(29)24-11-6-5-7-12-24)14-15-23-18-35-39(4)28(23)21(3)46(33,44)45/h5-13,16-18,20-21H,1-4H3,(H,36,42)(H2,33,44,45)/t20-,21?/m1/s1. The van der Waals surface area contributed by atoms with E-state index in [4.69, 9.17) is 10.1 Å². The molecule has 0 radical (unpaired) electrons. The van der Waals surface area contributed by atoms with Gasteiger partial charge in [-0.1, -0.05) is 36.1 Å². The lowest BCUT2D eigenvalue weighted by molar-refractivity contribution is 0.0938. The molecule has 2 aromatic carbocycles. The number of sulfonamides is 1. The normalized spacial score (nSPS) is 12.9. The second-order valence-electron chi connectivity index (χ2n) is 10.7. The molecule has 46 heavy (non-hydrogen) atoms. The fourth-order valence-corrected chi connectivity index (χ4v) is 5.97. The first-order chi connectivity index (χ1) is 22.0. The summed E-state index contributed by atoms with van der Waals surface area (Å²) in [5.41, 5.74) is 2.85. The predicted molar refractivity (Wildman–Crippen MR) is 172 cm³/mol. The summed E-state index contributed by atoms with van der Waals surface area (Å²) in [6, 6.07) is 15.1. The molecule has 6 aromatic rings. The summed E-state index contributed by atoms with van der Waals surface area (Å²) in [5.74, 6) is 5.91. The van der Waals surface area contributed by atoms with Crippen LogP contribution in [0.4, 0.5) is 0 Å². The molecule has 0 aliphatic rings. The van der Waals surface area contributed by atoms with E-state index in [1.807, 2.05) is 6.07 Å². The van der Waals surface area contributed by atoms with Crippen LogP contribution in [0.5, 0.6) is 0 Å². The lowest BCUT2D eigenvalue weighted by Gasteiger charge is -2.20. The molecule has 0 saturated heterocycles. The lowest BCUT2D eigenvalue weighted by atomic mass is 10.1. The van der Waals surface area contributed by atoms with Crippen molar-refractivity contribution < 1.29 is 13.2 Å². The molecule has 13 nitrogen and oxygen atoms in total. The van der Waals surface area contributed by atoms with Crippen LogP contribution in [0, 0.1) is 18.8 Å². The molecule has 6 rings (SSSR count). The van der Waals surface area contributed by atoms with Crippen molar-refractivity contribution in [3.05, 3.63) is 117 Å². The van der Waals surface area contributed by atoms with Crippen LogP contribution in [0.15, 0.2) is 78.0 Å². The zero-order valence-corrected chi connectivity index (χ0v) is 26.1. The minimum atomic E-state index is -3.91. The van der Waals surface area contributed by atoms with Crippen LogP contribution in [-0.2, 0) is 17.1 Å². The number of carbonyl (C=O) groups is 1. The molecule has 0 bridgehead atoms. The molecule has 14 heteroatoms. The molecule has 4 aromatic heterocycles. The Balaban J connectivity index is 1.47. The molecule has 232 valence electrons. The van der Waals surface area contributed by atoms with E-state index < -0.39 is 32.8 Å². The molecule has 3 N–H and O–H groups in total. The van der Waals surface area contributed by atoms with E-state index in [1.165, 1.54) is 26.9 Å². The summed E-state index contributed by atoms with van der Waals surface area (Å²) >= 11 is 0. The van der Waals surface area contributed by atoms with Gasteiger partial charge in [0, 0.05) is 25.0 Å². The summed E-state index contributed by atoms with van der Waals surface area (Å²) in [4.78, 5) is 37.1.